The van der Waals surface area contributed by atoms with Gasteiger partial charge in [0.05, 0.1) is 19.6 Å². The number of rotatable bonds is 9. The van der Waals surface area contributed by atoms with Gasteiger partial charge in [0.1, 0.15) is 5.75 Å². The molecule has 3 N–H and O–H groups in total. The molecular weight excluding hydrogens is 438 g/mol. The van der Waals surface area contributed by atoms with Gasteiger partial charge in [-0.25, -0.2) is 0 Å². The van der Waals surface area contributed by atoms with Crippen LogP contribution in [-0.4, -0.2) is 30.5 Å². The van der Waals surface area contributed by atoms with Gasteiger partial charge in [-0.1, -0.05) is 60.2 Å². The highest BCUT2D eigenvalue weighted by atomic mass is 16.5. The molecule has 0 saturated carbocycles. The number of hydrogen-bond donors (Lipinski definition) is 3. The van der Waals surface area contributed by atoms with Gasteiger partial charge in [0.25, 0.3) is 0 Å². The Kier molecular flexibility index (Phi) is 7.51. The second-order valence-corrected chi connectivity index (χ2v) is 8.79. The van der Waals surface area contributed by atoms with Crippen LogP contribution in [0.1, 0.15) is 47.6 Å². The maximum Gasteiger partial charge on any atom is 0.222 e. The third-order valence-corrected chi connectivity index (χ3v) is 6.26. The zero-order valence-corrected chi connectivity index (χ0v) is 20.3. The smallest absolute Gasteiger partial charge is 0.222 e. The highest BCUT2D eigenvalue weighted by molar-refractivity contribution is 5.84. The van der Waals surface area contributed by atoms with E-state index in [2.05, 4.69) is 21.7 Å². The molecule has 1 aromatic heterocycles. The van der Waals surface area contributed by atoms with E-state index in [0.29, 0.717) is 6.54 Å². The summed E-state index contributed by atoms with van der Waals surface area (Å²) in [4.78, 5) is 28.2. The highest BCUT2D eigenvalue weighted by Gasteiger charge is 2.21. The molecule has 180 valence electrons. The van der Waals surface area contributed by atoms with Gasteiger partial charge in [-0.05, 0) is 41.8 Å². The summed E-state index contributed by atoms with van der Waals surface area (Å²) >= 11 is 0. The van der Waals surface area contributed by atoms with E-state index in [-0.39, 0.29) is 30.2 Å². The molecule has 0 spiro atoms. The van der Waals surface area contributed by atoms with Crippen molar-refractivity contribution in [1.82, 2.24) is 15.6 Å². The number of H-pyrrole nitrogens is 1. The largest absolute Gasteiger partial charge is 0.497 e. The topological polar surface area (TPSA) is 83.2 Å². The van der Waals surface area contributed by atoms with Gasteiger partial charge in [-0.2, -0.15) is 0 Å². The molecule has 2 atom stereocenters. The first-order valence-electron chi connectivity index (χ1n) is 11.7. The third kappa shape index (κ3) is 5.90. The fraction of sp³-hybridized carbons (Fsp3) is 0.241. The summed E-state index contributed by atoms with van der Waals surface area (Å²) < 4.78 is 5.32. The van der Waals surface area contributed by atoms with Crippen LogP contribution in [0, 0.1) is 6.92 Å². The second-order valence-electron chi connectivity index (χ2n) is 8.79. The Morgan fingerprint density at radius 2 is 1.63 bits per heavy atom. The number of aromatic amines is 1. The lowest BCUT2D eigenvalue weighted by Gasteiger charge is -2.21. The minimum atomic E-state index is -0.388. The molecule has 0 saturated heterocycles. The number of methoxy groups -OCH3 is 1. The Hall–Kier alpha value is -4.06. The normalized spacial score (nSPS) is 12.7. The van der Waals surface area contributed by atoms with E-state index in [4.69, 9.17) is 4.74 Å². The summed E-state index contributed by atoms with van der Waals surface area (Å²) in [5, 5.41) is 7.15. The molecule has 0 aliphatic heterocycles. The predicted molar refractivity (Wildman–Crippen MR) is 138 cm³/mol. The molecule has 6 heteroatoms. The van der Waals surface area contributed by atoms with Crippen LogP contribution in [0.2, 0.25) is 0 Å². The van der Waals surface area contributed by atoms with Crippen molar-refractivity contribution in [2.45, 2.75) is 32.2 Å². The molecule has 4 aromatic rings. The van der Waals surface area contributed by atoms with Gasteiger partial charge in [0, 0.05) is 36.5 Å². The van der Waals surface area contributed by atoms with Gasteiger partial charge in [0.2, 0.25) is 11.8 Å². The van der Waals surface area contributed by atoms with Crippen LogP contribution in [0.3, 0.4) is 0 Å². The number of aromatic nitrogens is 1. The number of para-hydroxylation sites is 1. The van der Waals surface area contributed by atoms with E-state index < -0.39 is 0 Å². The number of amides is 2. The van der Waals surface area contributed by atoms with Crippen LogP contribution >= 0.6 is 0 Å². The van der Waals surface area contributed by atoms with Crippen molar-refractivity contribution in [2.24, 2.45) is 0 Å². The third-order valence-electron chi connectivity index (χ3n) is 6.26. The summed E-state index contributed by atoms with van der Waals surface area (Å²) in [5.74, 6) is 0.437. The zero-order valence-electron chi connectivity index (χ0n) is 20.3. The lowest BCUT2D eigenvalue weighted by atomic mass is 9.90. The number of benzene rings is 3. The van der Waals surface area contributed by atoms with Crippen molar-refractivity contribution in [1.29, 1.82) is 0 Å². The van der Waals surface area contributed by atoms with Gasteiger partial charge < -0.3 is 20.4 Å². The van der Waals surface area contributed by atoms with Crippen LogP contribution in [-0.2, 0) is 9.59 Å². The molecule has 0 fully saturated rings. The molecule has 0 radical (unpaired) electrons. The molecule has 1 heterocycles. The number of carbonyl (C=O) groups is 2. The van der Waals surface area contributed by atoms with Gasteiger partial charge in [0.15, 0.2) is 0 Å². The molecule has 0 aliphatic rings. The van der Waals surface area contributed by atoms with Crippen molar-refractivity contribution in [3.8, 4) is 5.75 Å². The number of ether oxygens (including phenoxy) is 1. The molecule has 0 unspecified atom stereocenters. The standard InChI is InChI=1S/C29H31N3O3/c1-19-8-10-22(11-9-19)28(32-20(2)33)16-29(34)31-17-25(21-12-14-23(35-3)15-13-21)26-18-30-27-7-5-4-6-24(26)27/h4-15,18,25,28,30H,16-17H2,1-3H3,(H,31,34)(H,32,33)/t25-,28-/m1/s1. The van der Waals surface area contributed by atoms with Crippen molar-refractivity contribution < 1.29 is 14.3 Å². The lowest BCUT2D eigenvalue weighted by Crippen LogP contribution is -2.34. The first-order valence-corrected chi connectivity index (χ1v) is 11.7. The summed E-state index contributed by atoms with van der Waals surface area (Å²) in [6.45, 7) is 3.90. The van der Waals surface area contributed by atoms with E-state index in [1.54, 1.807) is 7.11 Å². The van der Waals surface area contributed by atoms with E-state index in [0.717, 1.165) is 38.9 Å². The van der Waals surface area contributed by atoms with E-state index >= 15 is 0 Å². The van der Waals surface area contributed by atoms with Crippen LogP contribution in [0.4, 0.5) is 0 Å². The first kappa shape index (κ1) is 24.1. The Bertz CT molecular complexity index is 1290. The molecule has 35 heavy (non-hydrogen) atoms. The van der Waals surface area contributed by atoms with Crippen LogP contribution in [0.5, 0.6) is 5.75 Å². The summed E-state index contributed by atoms with van der Waals surface area (Å²) in [7, 11) is 1.64. The summed E-state index contributed by atoms with van der Waals surface area (Å²) in [6, 6.07) is 23.6. The van der Waals surface area contributed by atoms with Crippen molar-refractivity contribution in [3.63, 3.8) is 0 Å². The number of fused-ring (bicyclic) bond motifs is 1. The predicted octanol–water partition coefficient (Wildman–Crippen LogP) is 5.00. The number of aryl methyl sites for hydroxylation is 1. The minimum absolute atomic E-state index is 0.0559. The van der Waals surface area contributed by atoms with E-state index in [1.807, 2.05) is 79.9 Å². The van der Waals surface area contributed by atoms with Crippen LogP contribution in [0.15, 0.2) is 79.0 Å². The molecule has 4 rings (SSSR count). The lowest BCUT2D eigenvalue weighted by molar-refractivity contribution is -0.122. The SMILES string of the molecule is COc1ccc([C@@H](CNC(=O)C[C@@H](NC(C)=O)c2ccc(C)cc2)c2c[nH]c3ccccc23)cc1. The van der Waals surface area contributed by atoms with Gasteiger partial charge in [-0.3, -0.25) is 9.59 Å². The van der Waals surface area contributed by atoms with E-state index in [9.17, 15) is 9.59 Å². The maximum atomic E-state index is 13.1. The van der Waals surface area contributed by atoms with Crippen LogP contribution < -0.4 is 15.4 Å². The molecule has 0 aliphatic carbocycles. The molecule has 2 amide bonds. The quantitative estimate of drug-likeness (QED) is 0.323. The number of hydrogen-bond acceptors (Lipinski definition) is 3. The Labute approximate surface area is 205 Å². The summed E-state index contributed by atoms with van der Waals surface area (Å²) in [6.07, 6.45) is 2.17. The maximum absolute atomic E-state index is 13.1. The zero-order chi connectivity index (χ0) is 24.8. The number of carbonyl (C=O) groups excluding carboxylic acids is 2. The number of nitrogens with one attached hydrogen (secondary N) is 3. The van der Waals surface area contributed by atoms with E-state index in [1.165, 1.54) is 6.92 Å². The van der Waals surface area contributed by atoms with Crippen molar-refractivity contribution >= 4 is 22.7 Å². The molecule has 0 bridgehead atoms. The fourth-order valence-corrected chi connectivity index (χ4v) is 4.40. The fourth-order valence-electron chi connectivity index (χ4n) is 4.40. The van der Waals surface area contributed by atoms with Crippen LogP contribution in [0.25, 0.3) is 10.9 Å². The van der Waals surface area contributed by atoms with Crippen molar-refractivity contribution in [2.75, 3.05) is 13.7 Å². The first-order chi connectivity index (χ1) is 16.9. The van der Waals surface area contributed by atoms with Gasteiger partial charge in [-0.15, -0.1) is 0 Å². The Morgan fingerprint density at radius 3 is 2.31 bits per heavy atom. The molecule has 3 aromatic carbocycles. The Balaban J connectivity index is 1.55. The van der Waals surface area contributed by atoms with Crippen molar-refractivity contribution in [3.05, 3.63) is 101 Å². The average molecular weight is 470 g/mol. The monoisotopic (exact) mass is 469 g/mol. The average Bonchev–Trinajstić information content (AvgIpc) is 3.28. The second kappa shape index (κ2) is 10.9. The van der Waals surface area contributed by atoms with Gasteiger partial charge >= 0.3 is 0 Å². The summed E-state index contributed by atoms with van der Waals surface area (Å²) in [5.41, 5.74) is 5.28. The minimum Gasteiger partial charge on any atom is -0.497 e. The Morgan fingerprint density at radius 1 is 0.943 bits per heavy atom. The molecular formula is C29H31N3O3. The molecule has 6 nitrogen and oxygen atoms in total. The highest BCUT2D eigenvalue weighted by Crippen LogP contribution is 2.31.